The van der Waals surface area contributed by atoms with Crippen LogP contribution in [0.25, 0.3) is 0 Å². The molecule has 15 heavy (non-hydrogen) atoms. The van der Waals surface area contributed by atoms with E-state index in [9.17, 15) is 31.1 Å². The van der Waals surface area contributed by atoms with Crippen molar-refractivity contribution in [1.29, 1.82) is 0 Å². The van der Waals surface area contributed by atoms with Gasteiger partial charge in [0.25, 0.3) is 5.24 Å². The largest absolute Gasteiger partial charge is 1.00 e. The summed E-state index contributed by atoms with van der Waals surface area (Å²) in [6.07, 6.45) is 0. The van der Waals surface area contributed by atoms with Gasteiger partial charge in [-0.05, 0) is 0 Å². The molecule has 0 atom stereocenters. The Hall–Kier alpha value is 0.390. The summed E-state index contributed by atoms with van der Waals surface area (Å²) in [5.74, 6) is 0. The lowest BCUT2D eigenvalue weighted by atomic mass is 11.5. The van der Waals surface area contributed by atoms with Gasteiger partial charge in [0.2, 0.25) is 0 Å². The fraction of sp³-hybridized carbons (Fsp3) is 0.667. The van der Waals surface area contributed by atoms with Crippen molar-refractivity contribution in [2.45, 2.75) is 11.0 Å². The molecule has 2 nitrogen and oxygen atoms in total. The van der Waals surface area contributed by atoms with Crippen LogP contribution >= 0.6 is 33.5 Å². The van der Waals surface area contributed by atoms with Gasteiger partial charge in [0, 0.05) is 21.6 Å². The molecule has 0 unspecified atom stereocenters. The normalized spacial score (nSPS) is 11.9. The van der Waals surface area contributed by atoms with Crippen molar-refractivity contribution >= 4 is 38.8 Å². The first-order valence-corrected chi connectivity index (χ1v) is 5.54. The van der Waals surface area contributed by atoms with Crippen LogP contribution in [-0.2, 0) is 0 Å². The molecule has 0 bridgehead atoms. The molecule has 0 rings (SSSR count). The Kier molecular flexibility index (Phi) is 8.13. The molecule has 0 aromatic heterocycles. The highest BCUT2D eigenvalue weighted by molar-refractivity contribution is 8.82. The first-order chi connectivity index (χ1) is 6.10. The second kappa shape index (κ2) is 6.86. The minimum absolute atomic E-state index is 0. The van der Waals surface area contributed by atoms with Crippen molar-refractivity contribution in [3.05, 3.63) is 0 Å². The lowest BCUT2D eigenvalue weighted by Crippen LogP contribution is -3.00. The molecule has 0 aromatic carbocycles. The van der Waals surface area contributed by atoms with Crippen LogP contribution in [0, 0.1) is 0 Å². The van der Waals surface area contributed by atoms with Crippen LogP contribution in [0.3, 0.4) is 0 Å². The Labute approximate surface area is 98.2 Å². The zero-order chi connectivity index (χ0) is 11.4. The predicted molar refractivity (Wildman–Crippen MR) is 43.4 cm³/mol. The highest BCUT2D eigenvalue weighted by atomic mass is 35.5. The van der Waals surface area contributed by atoms with E-state index in [0.717, 1.165) is 0 Å². The van der Waals surface area contributed by atoms with E-state index in [1.807, 2.05) is 0 Å². The predicted octanol–water partition coefficient (Wildman–Crippen LogP) is 0.769. The van der Waals surface area contributed by atoms with Crippen LogP contribution in [0.5, 0.6) is 0 Å². The minimum Gasteiger partial charge on any atom is -1.00 e. The molecule has 92 valence electrons. The Morgan fingerprint density at radius 3 is 1.80 bits per heavy atom. The smallest absolute Gasteiger partial charge is 0.461 e. The van der Waals surface area contributed by atoms with E-state index < -0.39 is 39.0 Å². The molecule has 0 saturated heterocycles. The lowest BCUT2D eigenvalue weighted by Gasteiger charge is -2.06. The average molecular weight is 313 g/mol. The van der Waals surface area contributed by atoms with Gasteiger partial charge in [0.05, 0.1) is 11.9 Å². The fourth-order valence-electron chi connectivity index (χ4n) is 0.202. The molecule has 1 amide bonds. The number of amides is 1. The van der Waals surface area contributed by atoms with Crippen molar-refractivity contribution in [2.24, 2.45) is 0 Å². The molecule has 1 N–H and O–H groups in total. The topological polar surface area (TPSA) is 29.1 Å². The van der Waals surface area contributed by atoms with Crippen LogP contribution in [0.1, 0.15) is 0 Å². The second-order valence-corrected chi connectivity index (χ2v) is 4.59. The van der Waals surface area contributed by atoms with Gasteiger partial charge in [0.1, 0.15) is 0 Å². The van der Waals surface area contributed by atoms with Crippen molar-refractivity contribution in [1.82, 2.24) is 4.72 Å². The third kappa shape index (κ3) is 14.4. The molecule has 0 aliphatic rings. The van der Waals surface area contributed by atoms with Crippen LogP contribution in [0.4, 0.5) is 31.1 Å². The van der Waals surface area contributed by atoms with Gasteiger partial charge in [-0.1, -0.05) is 0 Å². The quantitative estimate of drug-likeness (QED) is 0.463. The van der Waals surface area contributed by atoms with E-state index in [1.165, 1.54) is 4.72 Å². The van der Waals surface area contributed by atoms with Gasteiger partial charge in [-0.15, -0.1) is 0 Å². The molecule has 0 aliphatic carbocycles. The minimum atomic E-state index is -4.71. The van der Waals surface area contributed by atoms with Crippen molar-refractivity contribution in [3.8, 4) is 0 Å². The monoisotopic (exact) mass is 312 g/mol. The molecule has 12 heteroatoms. The molecule has 0 spiro atoms. The zero-order valence-electron chi connectivity index (χ0n) is 6.28. The zero-order valence-corrected chi connectivity index (χ0v) is 9.48. The third-order valence-corrected chi connectivity index (χ3v) is 2.91. The number of nitrogens with one attached hydrogen (secondary N) is 1. The Morgan fingerprint density at radius 1 is 1.00 bits per heavy atom. The Bertz CT molecular complexity index is 187. The highest BCUT2D eigenvalue weighted by Crippen LogP contribution is 2.40. The summed E-state index contributed by atoms with van der Waals surface area (Å²) in [6, 6.07) is 0. The van der Waals surface area contributed by atoms with Gasteiger partial charge < -0.3 is 12.4 Å². The summed E-state index contributed by atoms with van der Waals surface area (Å²) in [6.45, 7) is 0. The van der Waals surface area contributed by atoms with Crippen LogP contribution in [0.15, 0.2) is 0 Å². The van der Waals surface area contributed by atoms with Crippen molar-refractivity contribution < 1.29 is 43.5 Å². The van der Waals surface area contributed by atoms with E-state index in [-0.39, 0.29) is 23.2 Å². The maximum Gasteiger partial charge on any atom is 0.461 e. The van der Waals surface area contributed by atoms with Crippen LogP contribution < -0.4 is 17.1 Å². The van der Waals surface area contributed by atoms with Crippen LogP contribution in [-0.4, -0.2) is 16.3 Å². The number of halogens is 7. The molecular formula is C3HClF6NOS3-. The number of rotatable bonds is 2. The summed E-state index contributed by atoms with van der Waals surface area (Å²) in [7, 11) is -1.14. The number of carbonyl (C=O) groups excluding carboxylic acids is 1. The van der Waals surface area contributed by atoms with E-state index in [4.69, 9.17) is 0 Å². The summed E-state index contributed by atoms with van der Waals surface area (Å²) in [4.78, 5) is 10.3. The summed E-state index contributed by atoms with van der Waals surface area (Å²) >= 11 is -0.909. The molecular weight excluding hydrogens is 312 g/mol. The number of carbonyl (C=O) groups is 1. The molecule has 0 aromatic rings. The SMILES string of the molecule is O=C(NSC(F)(F)F)SSC(F)(F)F.[Cl-]. The summed E-state index contributed by atoms with van der Waals surface area (Å²) in [5, 5.41) is -1.42. The molecule has 0 radical (unpaired) electrons. The van der Waals surface area contributed by atoms with E-state index in [1.54, 1.807) is 0 Å². The summed E-state index contributed by atoms with van der Waals surface area (Å²) in [5.41, 5.74) is -9.37. The molecule has 0 fully saturated rings. The van der Waals surface area contributed by atoms with Gasteiger partial charge in [-0.3, -0.25) is 9.52 Å². The fourth-order valence-corrected chi connectivity index (χ4v) is 1.65. The van der Waals surface area contributed by atoms with Gasteiger partial charge >= 0.3 is 11.0 Å². The highest BCUT2D eigenvalue weighted by Gasteiger charge is 2.33. The lowest BCUT2D eigenvalue weighted by molar-refractivity contribution is -0.0335. The standard InChI is InChI=1S/C3HF6NOS3.ClH/c4-2(5,6)13-10-1(11)12-14-3(7,8)9;/h(H,10,11);1H/p-1. The van der Waals surface area contributed by atoms with Gasteiger partial charge in [-0.25, -0.2) is 0 Å². The first kappa shape index (κ1) is 17.8. The number of hydrogen-bond donors (Lipinski definition) is 1. The first-order valence-electron chi connectivity index (χ1n) is 2.57. The Morgan fingerprint density at radius 2 is 1.47 bits per heavy atom. The molecule has 0 aliphatic heterocycles. The molecule has 0 heterocycles. The van der Waals surface area contributed by atoms with E-state index in [0.29, 0.717) is 0 Å². The number of hydrogen-bond acceptors (Lipinski definition) is 4. The second-order valence-electron chi connectivity index (χ2n) is 1.55. The van der Waals surface area contributed by atoms with Crippen molar-refractivity contribution in [2.75, 3.05) is 0 Å². The van der Waals surface area contributed by atoms with Gasteiger partial charge in [0.15, 0.2) is 0 Å². The average Bonchev–Trinajstić information content (AvgIpc) is 1.94. The summed E-state index contributed by atoms with van der Waals surface area (Å²) < 4.78 is 69.7. The van der Waals surface area contributed by atoms with E-state index >= 15 is 0 Å². The third-order valence-electron chi connectivity index (χ3n) is 0.462. The molecule has 0 saturated carbocycles. The Balaban J connectivity index is 0. The maximum atomic E-state index is 11.4. The maximum absolute atomic E-state index is 11.4. The van der Waals surface area contributed by atoms with E-state index in [2.05, 4.69) is 0 Å². The van der Waals surface area contributed by atoms with Gasteiger partial charge in [-0.2, -0.15) is 26.3 Å². The van der Waals surface area contributed by atoms with Crippen LogP contribution in [0.2, 0.25) is 0 Å². The van der Waals surface area contributed by atoms with Crippen molar-refractivity contribution in [3.63, 3.8) is 0 Å². The number of alkyl halides is 6.